The van der Waals surface area contributed by atoms with Crippen LogP contribution < -0.4 is 0 Å². The average molecular weight is 252 g/mol. The molecule has 0 aliphatic carbocycles. The van der Waals surface area contributed by atoms with Crippen LogP contribution in [0.15, 0.2) is 30.3 Å². The lowest BCUT2D eigenvalue weighted by Crippen LogP contribution is -2.44. The zero-order valence-electron chi connectivity index (χ0n) is 10.9. The van der Waals surface area contributed by atoms with Crippen molar-refractivity contribution in [3.8, 4) is 0 Å². The maximum absolute atomic E-state index is 11.6. The van der Waals surface area contributed by atoms with Gasteiger partial charge in [0.15, 0.2) is 5.60 Å². The summed E-state index contributed by atoms with van der Waals surface area (Å²) in [5, 5.41) is 10.1. The summed E-state index contributed by atoms with van der Waals surface area (Å²) in [6, 6.07) is 9.60. The minimum atomic E-state index is -1.55. The van der Waals surface area contributed by atoms with Crippen LogP contribution in [0.4, 0.5) is 0 Å². The van der Waals surface area contributed by atoms with Gasteiger partial charge in [-0.15, -0.1) is 0 Å². The Morgan fingerprint density at radius 1 is 1.28 bits per heavy atom. The molecular formula is C14H20O4. The van der Waals surface area contributed by atoms with Gasteiger partial charge in [0.1, 0.15) is 0 Å². The summed E-state index contributed by atoms with van der Waals surface area (Å²) in [7, 11) is 0. The molecule has 1 rings (SSSR count). The average Bonchev–Trinajstić information content (AvgIpc) is 2.40. The second kappa shape index (κ2) is 7.13. The number of esters is 1. The molecule has 0 unspecified atom stereocenters. The Morgan fingerprint density at radius 2 is 1.94 bits per heavy atom. The first-order valence-corrected chi connectivity index (χ1v) is 6.13. The van der Waals surface area contributed by atoms with Crippen molar-refractivity contribution in [2.75, 3.05) is 13.2 Å². The predicted octanol–water partition coefficient (Wildman–Crippen LogP) is 1.91. The highest BCUT2D eigenvalue weighted by molar-refractivity contribution is 5.79. The van der Waals surface area contributed by atoms with Crippen molar-refractivity contribution in [2.45, 2.75) is 32.5 Å². The van der Waals surface area contributed by atoms with Crippen LogP contribution >= 0.6 is 0 Å². The van der Waals surface area contributed by atoms with E-state index < -0.39 is 11.6 Å². The van der Waals surface area contributed by atoms with Gasteiger partial charge in [0.25, 0.3) is 0 Å². The van der Waals surface area contributed by atoms with Gasteiger partial charge in [0.05, 0.1) is 19.8 Å². The topological polar surface area (TPSA) is 55.8 Å². The molecule has 18 heavy (non-hydrogen) atoms. The number of ether oxygens (including phenoxy) is 2. The number of hydrogen-bond acceptors (Lipinski definition) is 4. The molecule has 0 heterocycles. The lowest BCUT2D eigenvalue weighted by molar-refractivity contribution is -0.172. The minimum Gasteiger partial charge on any atom is -0.464 e. The summed E-state index contributed by atoms with van der Waals surface area (Å²) in [5.41, 5.74) is -0.551. The monoisotopic (exact) mass is 252 g/mol. The molecule has 0 saturated carbocycles. The van der Waals surface area contributed by atoms with Crippen LogP contribution in [0.2, 0.25) is 0 Å². The van der Waals surface area contributed by atoms with Crippen LogP contribution in [-0.4, -0.2) is 29.9 Å². The van der Waals surface area contributed by atoms with Crippen LogP contribution in [0.5, 0.6) is 0 Å². The number of rotatable bonds is 7. The number of hydrogen-bond donors (Lipinski definition) is 1. The van der Waals surface area contributed by atoms with Gasteiger partial charge in [-0.1, -0.05) is 37.3 Å². The molecule has 0 aliphatic heterocycles. The highest BCUT2D eigenvalue weighted by Gasteiger charge is 2.35. The third kappa shape index (κ3) is 4.13. The maximum atomic E-state index is 11.6. The third-order valence-electron chi connectivity index (χ3n) is 2.69. The zero-order valence-corrected chi connectivity index (χ0v) is 10.9. The summed E-state index contributed by atoms with van der Waals surface area (Å²) in [6.07, 6.45) is 0.265. The van der Waals surface area contributed by atoms with Crippen LogP contribution in [0.25, 0.3) is 0 Å². The molecule has 0 bridgehead atoms. The summed E-state index contributed by atoms with van der Waals surface area (Å²) in [6.45, 7) is 3.99. The van der Waals surface area contributed by atoms with E-state index in [0.29, 0.717) is 6.61 Å². The zero-order chi connectivity index (χ0) is 13.4. The quantitative estimate of drug-likeness (QED) is 0.753. The molecule has 0 amide bonds. The van der Waals surface area contributed by atoms with Crippen molar-refractivity contribution in [3.05, 3.63) is 35.9 Å². The summed E-state index contributed by atoms with van der Waals surface area (Å²) in [5.74, 6) is -0.624. The molecule has 0 radical (unpaired) electrons. The van der Waals surface area contributed by atoms with E-state index in [4.69, 9.17) is 9.47 Å². The van der Waals surface area contributed by atoms with Gasteiger partial charge in [-0.05, 0) is 18.9 Å². The standard InChI is InChI=1S/C14H20O4/c1-3-14(16,13(15)18-4-2)11-17-10-12-8-6-5-7-9-12/h5-9,16H,3-4,10-11H2,1-2H3/t14-/m0/s1. The molecule has 4 heteroatoms. The fourth-order valence-corrected chi connectivity index (χ4v) is 1.48. The van der Waals surface area contributed by atoms with Gasteiger partial charge in [-0.25, -0.2) is 4.79 Å². The van der Waals surface area contributed by atoms with Crippen molar-refractivity contribution < 1.29 is 19.4 Å². The van der Waals surface area contributed by atoms with Crippen molar-refractivity contribution in [3.63, 3.8) is 0 Å². The fraction of sp³-hybridized carbons (Fsp3) is 0.500. The molecule has 1 aromatic carbocycles. The minimum absolute atomic E-state index is 0.0583. The lowest BCUT2D eigenvalue weighted by atomic mass is 10.0. The highest BCUT2D eigenvalue weighted by Crippen LogP contribution is 2.14. The van der Waals surface area contributed by atoms with Crippen molar-refractivity contribution in [2.24, 2.45) is 0 Å². The van der Waals surface area contributed by atoms with Crippen molar-refractivity contribution in [1.29, 1.82) is 0 Å². The smallest absolute Gasteiger partial charge is 0.340 e. The van der Waals surface area contributed by atoms with E-state index in [1.165, 1.54) is 0 Å². The molecule has 0 aromatic heterocycles. The largest absolute Gasteiger partial charge is 0.464 e. The van der Waals surface area contributed by atoms with Gasteiger partial charge >= 0.3 is 5.97 Å². The van der Waals surface area contributed by atoms with Crippen LogP contribution in [-0.2, 0) is 20.9 Å². The molecule has 1 aromatic rings. The first-order chi connectivity index (χ1) is 8.62. The van der Waals surface area contributed by atoms with E-state index in [0.717, 1.165) is 5.56 Å². The first kappa shape index (κ1) is 14.7. The summed E-state index contributed by atoms with van der Waals surface area (Å²) >= 11 is 0. The number of carbonyl (C=O) groups excluding carboxylic acids is 1. The van der Waals surface area contributed by atoms with E-state index in [1.807, 2.05) is 30.3 Å². The lowest BCUT2D eigenvalue weighted by Gasteiger charge is -2.24. The van der Waals surface area contributed by atoms with Gasteiger partial charge in [0.2, 0.25) is 0 Å². The molecule has 100 valence electrons. The second-order valence-corrected chi connectivity index (χ2v) is 4.08. The summed E-state index contributed by atoms with van der Waals surface area (Å²) in [4.78, 5) is 11.6. The fourth-order valence-electron chi connectivity index (χ4n) is 1.48. The van der Waals surface area contributed by atoms with Crippen molar-refractivity contribution in [1.82, 2.24) is 0 Å². The Labute approximate surface area is 108 Å². The van der Waals surface area contributed by atoms with Gasteiger partial charge in [0, 0.05) is 0 Å². The molecule has 4 nitrogen and oxygen atoms in total. The Morgan fingerprint density at radius 3 is 2.50 bits per heavy atom. The van der Waals surface area contributed by atoms with E-state index in [2.05, 4.69) is 0 Å². The molecule has 1 N–H and O–H groups in total. The molecular weight excluding hydrogens is 232 g/mol. The second-order valence-electron chi connectivity index (χ2n) is 4.08. The molecule has 0 spiro atoms. The maximum Gasteiger partial charge on any atom is 0.340 e. The Bertz CT molecular complexity index is 363. The third-order valence-corrected chi connectivity index (χ3v) is 2.69. The highest BCUT2D eigenvalue weighted by atomic mass is 16.6. The first-order valence-electron chi connectivity index (χ1n) is 6.13. The Hall–Kier alpha value is -1.39. The van der Waals surface area contributed by atoms with E-state index >= 15 is 0 Å². The van der Waals surface area contributed by atoms with Gasteiger partial charge < -0.3 is 14.6 Å². The van der Waals surface area contributed by atoms with Gasteiger partial charge in [-0.2, -0.15) is 0 Å². The number of benzene rings is 1. The molecule has 1 atom stereocenters. The molecule has 0 aliphatic rings. The Kier molecular flexibility index (Phi) is 5.82. The van der Waals surface area contributed by atoms with Crippen LogP contribution in [0, 0.1) is 0 Å². The normalized spacial score (nSPS) is 13.9. The Balaban J connectivity index is 2.46. The SMILES string of the molecule is CCOC(=O)[C@](O)(CC)COCc1ccccc1. The van der Waals surface area contributed by atoms with E-state index in [1.54, 1.807) is 13.8 Å². The van der Waals surface area contributed by atoms with Crippen LogP contribution in [0.3, 0.4) is 0 Å². The van der Waals surface area contributed by atoms with E-state index in [9.17, 15) is 9.90 Å². The molecule has 0 saturated heterocycles. The number of carbonyl (C=O) groups is 1. The van der Waals surface area contributed by atoms with Crippen molar-refractivity contribution >= 4 is 5.97 Å². The number of aliphatic hydroxyl groups is 1. The molecule has 0 fully saturated rings. The predicted molar refractivity (Wildman–Crippen MR) is 68.0 cm³/mol. The van der Waals surface area contributed by atoms with Gasteiger partial charge in [-0.3, -0.25) is 0 Å². The van der Waals surface area contributed by atoms with Crippen LogP contribution in [0.1, 0.15) is 25.8 Å². The summed E-state index contributed by atoms with van der Waals surface area (Å²) < 4.78 is 10.2. The van der Waals surface area contributed by atoms with E-state index in [-0.39, 0.29) is 19.6 Å².